The van der Waals surface area contributed by atoms with Crippen LogP contribution in [0.15, 0.2) is 42.6 Å². The lowest BCUT2D eigenvalue weighted by Gasteiger charge is -2.34. The summed E-state index contributed by atoms with van der Waals surface area (Å²) < 4.78 is 0. The SMILES string of the molecule is CCCNC(=O)c1ccc(Nc2ccc(N3CCN(C)CC3)cc2)cn1. The van der Waals surface area contributed by atoms with Crippen molar-refractivity contribution in [3.63, 3.8) is 0 Å². The van der Waals surface area contributed by atoms with Crippen molar-refractivity contribution in [2.24, 2.45) is 0 Å². The molecule has 2 N–H and O–H groups in total. The summed E-state index contributed by atoms with van der Waals surface area (Å²) in [5.41, 5.74) is 3.57. The molecule has 3 rings (SSSR count). The summed E-state index contributed by atoms with van der Waals surface area (Å²) >= 11 is 0. The smallest absolute Gasteiger partial charge is 0.269 e. The van der Waals surface area contributed by atoms with Gasteiger partial charge in [-0.25, -0.2) is 4.98 Å². The molecule has 1 saturated heterocycles. The summed E-state index contributed by atoms with van der Waals surface area (Å²) in [5, 5.41) is 6.16. The van der Waals surface area contributed by atoms with E-state index in [2.05, 4.69) is 56.7 Å². The number of rotatable bonds is 6. The highest BCUT2D eigenvalue weighted by atomic mass is 16.1. The number of pyridine rings is 1. The number of aromatic nitrogens is 1. The molecule has 0 bridgehead atoms. The van der Waals surface area contributed by atoms with Gasteiger partial charge in [-0.15, -0.1) is 0 Å². The number of amides is 1. The van der Waals surface area contributed by atoms with Crippen molar-refractivity contribution in [2.45, 2.75) is 13.3 Å². The molecule has 0 saturated carbocycles. The van der Waals surface area contributed by atoms with Crippen molar-refractivity contribution < 1.29 is 4.79 Å². The van der Waals surface area contributed by atoms with Crippen LogP contribution in [0.2, 0.25) is 0 Å². The summed E-state index contributed by atoms with van der Waals surface area (Å²) in [6.07, 6.45) is 2.60. The fourth-order valence-electron chi connectivity index (χ4n) is 2.92. The van der Waals surface area contributed by atoms with E-state index in [1.807, 2.05) is 13.0 Å². The van der Waals surface area contributed by atoms with E-state index < -0.39 is 0 Å². The van der Waals surface area contributed by atoms with Crippen molar-refractivity contribution in [3.8, 4) is 0 Å². The van der Waals surface area contributed by atoms with Crippen LogP contribution in [0.4, 0.5) is 17.1 Å². The monoisotopic (exact) mass is 353 g/mol. The van der Waals surface area contributed by atoms with Crippen molar-refractivity contribution in [1.82, 2.24) is 15.2 Å². The first-order valence-corrected chi connectivity index (χ1v) is 9.20. The van der Waals surface area contributed by atoms with Crippen LogP contribution in [0.25, 0.3) is 0 Å². The van der Waals surface area contributed by atoms with Crippen LogP contribution >= 0.6 is 0 Å². The highest BCUT2D eigenvalue weighted by Gasteiger charge is 2.14. The van der Waals surface area contributed by atoms with E-state index in [0.29, 0.717) is 12.2 Å². The van der Waals surface area contributed by atoms with E-state index in [0.717, 1.165) is 44.0 Å². The molecular formula is C20H27N5O. The fourth-order valence-corrected chi connectivity index (χ4v) is 2.92. The highest BCUT2D eigenvalue weighted by Crippen LogP contribution is 2.22. The van der Waals surface area contributed by atoms with Gasteiger partial charge in [-0.2, -0.15) is 0 Å². The van der Waals surface area contributed by atoms with Gasteiger partial charge in [0.2, 0.25) is 0 Å². The van der Waals surface area contributed by atoms with Crippen LogP contribution in [0.1, 0.15) is 23.8 Å². The molecule has 138 valence electrons. The predicted octanol–water partition coefficient (Wildman–Crippen LogP) is 2.72. The second-order valence-corrected chi connectivity index (χ2v) is 6.65. The molecule has 1 aliphatic heterocycles. The average Bonchev–Trinajstić information content (AvgIpc) is 2.68. The third kappa shape index (κ3) is 4.73. The third-order valence-electron chi connectivity index (χ3n) is 4.56. The van der Waals surface area contributed by atoms with Gasteiger partial charge in [-0.1, -0.05) is 6.92 Å². The molecule has 2 aromatic rings. The van der Waals surface area contributed by atoms with Crippen LogP contribution in [-0.4, -0.2) is 55.6 Å². The maximum atomic E-state index is 11.9. The van der Waals surface area contributed by atoms with Crippen molar-refractivity contribution >= 4 is 23.0 Å². The molecule has 0 atom stereocenters. The van der Waals surface area contributed by atoms with Crippen molar-refractivity contribution in [3.05, 3.63) is 48.3 Å². The fraction of sp³-hybridized carbons (Fsp3) is 0.400. The van der Waals surface area contributed by atoms with Crippen LogP contribution in [0.3, 0.4) is 0 Å². The first-order valence-electron chi connectivity index (χ1n) is 9.20. The molecule has 1 fully saturated rings. The molecule has 2 heterocycles. The minimum absolute atomic E-state index is 0.130. The van der Waals surface area contributed by atoms with Crippen molar-refractivity contribution in [2.75, 3.05) is 50.0 Å². The van der Waals surface area contributed by atoms with Gasteiger partial charge in [0.25, 0.3) is 5.91 Å². The minimum atomic E-state index is -0.130. The zero-order chi connectivity index (χ0) is 18.4. The Labute approximate surface area is 155 Å². The lowest BCUT2D eigenvalue weighted by atomic mass is 10.2. The van der Waals surface area contributed by atoms with E-state index in [1.54, 1.807) is 12.3 Å². The second-order valence-electron chi connectivity index (χ2n) is 6.65. The molecule has 26 heavy (non-hydrogen) atoms. The minimum Gasteiger partial charge on any atom is -0.369 e. The number of hydrogen-bond acceptors (Lipinski definition) is 5. The number of piperazine rings is 1. The van der Waals surface area contributed by atoms with Crippen LogP contribution < -0.4 is 15.5 Å². The van der Waals surface area contributed by atoms with E-state index in [-0.39, 0.29) is 5.91 Å². The summed E-state index contributed by atoms with van der Waals surface area (Å²) in [4.78, 5) is 20.9. The first kappa shape index (κ1) is 18.2. The summed E-state index contributed by atoms with van der Waals surface area (Å²) in [6, 6.07) is 12.1. The molecule has 1 aromatic heterocycles. The molecule has 6 nitrogen and oxygen atoms in total. The van der Waals surface area contributed by atoms with Gasteiger partial charge in [0.05, 0.1) is 11.9 Å². The Morgan fingerprint density at radius 2 is 1.73 bits per heavy atom. The largest absolute Gasteiger partial charge is 0.369 e. The summed E-state index contributed by atoms with van der Waals surface area (Å²) in [5.74, 6) is -0.130. The number of carbonyl (C=O) groups excluding carboxylic acids is 1. The molecule has 1 amide bonds. The van der Waals surface area contributed by atoms with Gasteiger partial charge in [0, 0.05) is 44.1 Å². The Morgan fingerprint density at radius 3 is 2.35 bits per heavy atom. The van der Waals surface area contributed by atoms with Gasteiger partial charge < -0.3 is 20.4 Å². The third-order valence-corrected chi connectivity index (χ3v) is 4.56. The molecule has 1 aliphatic rings. The van der Waals surface area contributed by atoms with Crippen molar-refractivity contribution in [1.29, 1.82) is 0 Å². The number of benzene rings is 1. The quantitative estimate of drug-likeness (QED) is 0.836. The van der Waals surface area contributed by atoms with Gasteiger partial charge >= 0.3 is 0 Å². The van der Waals surface area contributed by atoms with Crippen LogP contribution in [-0.2, 0) is 0 Å². The normalized spacial score (nSPS) is 14.9. The number of hydrogen-bond donors (Lipinski definition) is 2. The average molecular weight is 353 g/mol. The Balaban J connectivity index is 1.58. The molecule has 1 aromatic carbocycles. The summed E-state index contributed by atoms with van der Waals surface area (Å²) in [6.45, 7) is 7.02. The standard InChI is InChI=1S/C20H27N5O/c1-3-10-21-20(26)19-9-6-17(15-22-19)23-16-4-7-18(8-5-16)25-13-11-24(2)12-14-25/h4-9,15,23H,3,10-14H2,1-2H3,(H,21,26). The van der Waals surface area contributed by atoms with E-state index in [1.165, 1.54) is 5.69 Å². The Kier molecular flexibility index (Phi) is 6.07. The Hall–Kier alpha value is -2.60. The maximum absolute atomic E-state index is 11.9. The van der Waals surface area contributed by atoms with E-state index >= 15 is 0 Å². The van der Waals surface area contributed by atoms with Gasteiger partial charge in [-0.3, -0.25) is 4.79 Å². The zero-order valence-corrected chi connectivity index (χ0v) is 15.5. The molecule has 6 heteroatoms. The van der Waals surface area contributed by atoms with Gasteiger partial charge in [0.15, 0.2) is 0 Å². The molecule has 0 spiro atoms. The number of nitrogens with zero attached hydrogens (tertiary/aromatic N) is 3. The number of anilines is 3. The Bertz CT molecular complexity index is 706. The molecular weight excluding hydrogens is 326 g/mol. The second kappa shape index (κ2) is 8.67. The summed E-state index contributed by atoms with van der Waals surface area (Å²) in [7, 11) is 2.16. The molecule has 0 aliphatic carbocycles. The maximum Gasteiger partial charge on any atom is 0.269 e. The number of nitrogens with one attached hydrogen (secondary N) is 2. The molecule has 0 unspecified atom stereocenters. The topological polar surface area (TPSA) is 60.5 Å². The van der Waals surface area contributed by atoms with E-state index in [9.17, 15) is 4.79 Å². The van der Waals surface area contributed by atoms with Gasteiger partial charge in [0.1, 0.15) is 5.69 Å². The molecule has 0 radical (unpaired) electrons. The van der Waals surface area contributed by atoms with E-state index in [4.69, 9.17) is 0 Å². The van der Waals surface area contributed by atoms with Crippen LogP contribution in [0, 0.1) is 0 Å². The lowest BCUT2D eigenvalue weighted by molar-refractivity contribution is 0.0949. The number of likely N-dealkylation sites (N-methyl/N-ethyl adjacent to an activating group) is 1. The predicted molar refractivity (Wildman–Crippen MR) is 106 cm³/mol. The first-order chi connectivity index (χ1) is 12.7. The van der Waals surface area contributed by atoms with Crippen LogP contribution in [0.5, 0.6) is 0 Å². The highest BCUT2D eigenvalue weighted by molar-refractivity contribution is 5.92. The zero-order valence-electron chi connectivity index (χ0n) is 15.5. The van der Waals surface area contributed by atoms with Gasteiger partial charge in [-0.05, 0) is 49.9 Å². The Morgan fingerprint density at radius 1 is 1.04 bits per heavy atom. The number of carbonyl (C=O) groups is 1. The lowest BCUT2D eigenvalue weighted by Crippen LogP contribution is -2.44.